The average Bonchev–Trinajstić information content (AvgIpc) is 1.83. The normalized spacial score (nSPS) is 8.75. The highest BCUT2D eigenvalue weighted by atomic mass is 32.1. The largest absolute Gasteiger partial charge is 0.465 e. The first-order chi connectivity index (χ1) is 3.81. The van der Waals surface area contributed by atoms with Crippen molar-refractivity contribution < 1.29 is 9.53 Å². The molecule has 0 unspecified atom stereocenters. The molecule has 3 heteroatoms. The van der Waals surface area contributed by atoms with Gasteiger partial charge >= 0.3 is 5.97 Å². The number of ether oxygens (including phenoxy) is 1. The Kier molecular flexibility index (Phi) is 4.85. The predicted molar refractivity (Wildman–Crippen MR) is 33.7 cm³/mol. The topological polar surface area (TPSA) is 26.3 Å². The highest BCUT2D eigenvalue weighted by Gasteiger charge is 1.93. The molecular formula is C5H9O2S. The third-order valence-electron chi connectivity index (χ3n) is 0.635. The molecule has 47 valence electrons. The Morgan fingerprint density at radius 3 is 2.75 bits per heavy atom. The molecule has 0 aliphatic heterocycles. The SMILES string of the molecule is CCC(=O)OCC[S]. The molecule has 0 saturated heterocycles. The first kappa shape index (κ1) is 7.82. The van der Waals surface area contributed by atoms with Gasteiger partial charge in [-0.25, -0.2) is 0 Å². The van der Waals surface area contributed by atoms with E-state index >= 15 is 0 Å². The Balaban J connectivity index is 2.99. The molecule has 0 aliphatic carbocycles. The smallest absolute Gasteiger partial charge is 0.305 e. The van der Waals surface area contributed by atoms with Gasteiger partial charge in [0, 0.05) is 12.2 Å². The summed E-state index contributed by atoms with van der Waals surface area (Å²) in [4.78, 5) is 10.3. The molecule has 0 spiro atoms. The highest BCUT2D eigenvalue weighted by molar-refractivity contribution is 7.80. The Hall–Kier alpha value is -0.180. The zero-order valence-electron chi connectivity index (χ0n) is 4.85. The predicted octanol–water partition coefficient (Wildman–Crippen LogP) is 1.14. The van der Waals surface area contributed by atoms with E-state index in [0.29, 0.717) is 18.8 Å². The first-order valence-electron chi connectivity index (χ1n) is 2.55. The van der Waals surface area contributed by atoms with E-state index in [1.807, 2.05) is 0 Å². The molecule has 0 aliphatic rings. The van der Waals surface area contributed by atoms with Gasteiger partial charge in [-0.15, -0.1) is 0 Å². The highest BCUT2D eigenvalue weighted by Crippen LogP contribution is 1.84. The summed E-state index contributed by atoms with van der Waals surface area (Å²) in [7, 11) is 0. The number of carbonyl (C=O) groups is 1. The monoisotopic (exact) mass is 133 g/mol. The minimum Gasteiger partial charge on any atom is -0.465 e. The van der Waals surface area contributed by atoms with Gasteiger partial charge in [-0.05, 0) is 0 Å². The molecule has 2 nitrogen and oxygen atoms in total. The molecule has 8 heavy (non-hydrogen) atoms. The minimum atomic E-state index is -0.171. The van der Waals surface area contributed by atoms with Crippen molar-refractivity contribution in [1.29, 1.82) is 0 Å². The van der Waals surface area contributed by atoms with Crippen molar-refractivity contribution in [1.82, 2.24) is 0 Å². The molecular weight excluding hydrogens is 124 g/mol. The molecule has 0 aromatic rings. The van der Waals surface area contributed by atoms with Crippen molar-refractivity contribution in [3.8, 4) is 0 Å². The van der Waals surface area contributed by atoms with Gasteiger partial charge in [0.05, 0.1) is 0 Å². The summed E-state index contributed by atoms with van der Waals surface area (Å²) in [5.74, 6) is 0.320. The second kappa shape index (κ2) is 4.97. The van der Waals surface area contributed by atoms with Crippen molar-refractivity contribution in [3.63, 3.8) is 0 Å². The van der Waals surface area contributed by atoms with Crippen molar-refractivity contribution in [2.24, 2.45) is 0 Å². The summed E-state index contributed by atoms with van der Waals surface area (Å²) in [6, 6.07) is 0. The Morgan fingerprint density at radius 2 is 2.38 bits per heavy atom. The van der Waals surface area contributed by atoms with E-state index in [4.69, 9.17) is 0 Å². The fourth-order valence-corrected chi connectivity index (χ4v) is 0.341. The van der Waals surface area contributed by atoms with Crippen molar-refractivity contribution in [3.05, 3.63) is 0 Å². The summed E-state index contributed by atoms with van der Waals surface area (Å²) in [6.45, 7) is 2.13. The van der Waals surface area contributed by atoms with Crippen LogP contribution in [0, 0.1) is 0 Å². The van der Waals surface area contributed by atoms with Gasteiger partial charge in [-0.3, -0.25) is 4.79 Å². The lowest BCUT2D eigenvalue weighted by atomic mass is 10.5. The van der Waals surface area contributed by atoms with Crippen LogP contribution < -0.4 is 0 Å². The van der Waals surface area contributed by atoms with E-state index in [1.54, 1.807) is 6.92 Å². The Morgan fingerprint density at radius 1 is 1.75 bits per heavy atom. The molecule has 1 radical (unpaired) electrons. The lowest BCUT2D eigenvalue weighted by Crippen LogP contribution is -2.04. The second-order valence-corrected chi connectivity index (χ2v) is 1.69. The standard InChI is InChI=1S/C5H9O2S/c1-2-5(6)7-3-4-8/h2-4H2,1H3. The van der Waals surface area contributed by atoms with Gasteiger partial charge in [-0.2, -0.15) is 0 Å². The van der Waals surface area contributed by atoms with Gasteiger partial charge in [0.15, 0.2) is 0 Å². The van der Waals surface area contributed by atoms with Crippen LogP contribution in [0.4, 0.5) is 0 Å². The van der Waals surface area contributed by atoms with Crippen LogP contribution in [0.25, 0.3) is 0 Å². The molecule has 0 atom stereocenters. The van der Waals surface area contributed by atoms with E-state index in [9.17, 15) is 4.79 Å². The third-order valence-corrected chi connectivity index (χ3v) is 0.802. The zero-order chi connectivity index (χ0) is 6.41. The van der Waals surface area contributed by atoms with E-state index in [2.05, 4.69) is 17.4 Å². The van der Waals surface area contributed by atoms with Crippen LogP contribution in [0.2, 0.25) is 0 Å². The fraction of sp³-hybridized carbons (Fsp3) is 0.800. The molecule has 0 amide bonds. The van der Waals surface area contributed by atoms with Gasteiger partial charge < -0.3 is 4.74 Å². The molecule has 0 rings (SSSR count). The lowest BCUT2D eigenvalue weighted by Gasteiger charge is -1.96. The molecule has 0 heterocycles. The van der Waals surface area contributed by atoms with E-state index in [0.717, 1.165) is 0 Å². The van der Waals surface area contributed by atoms with Gasteiger partial charge in [0.1, 0.15) is 6.61 Å². The summed E-state index contributed by atoms with van der Waals surface area (Å²) in [5.41, 5.74) is 0. The van der Waals surface area contributed by atoms with Crippen LogP contribution in [-0.4, -0.2) is 18.3 Å². The maximum absolute atomic E-state index is 10.3. The average molecular weight is 133 g/mol. The number of esters is 1. The van der Waals surface area contributed by atoms with Crippen LogP contribution in [0.3, 0.4) is 0 Å². The third kappa shape index (κ3) is 3.99. The molecule has 0 saturated carbocycles. The van der Waals surface area contributed by atoms with Crippen LogP contribution in [0.1, 0.15) is 13.3 Å². The lowest BCUT2D eigenvalue weighted by molar-refractivity contribution is -0.142. The van der Waals surface area contributed by atoms with E-state index < -0.39 is 0 Å². The summed E-state index contributed by atoms with van der Waals surface area (Å²) in [6.07, 6.45) is 0.440. The van der Waals surface area contributed by atoms with Gasteiger partial charge in [0.2, 0.25) is 0 Å². The van der Waals surface area contributed by atoms with Crippen LogP contribution in [-0.2, 0) is 9.53 Å². The Labute approximate surface area is 54.6 Å². The van der Waals surface area contributed by atoms with Crippen molar-refractivity contribution >= 4 is 18.6 Å². The molecule has 0 aromatic heterocycles. The van der Waals surface area contributed by atoms with E-state index in [-0.39, 0.29) is 5.97 Å². The van der Waals surface area contributed by atoms with Crippen LogP contribution >= 0.6 is 12.6 Å². The number of hydrogen-bond acceptors (Lipinski definition) is 2. The van der Waals surface area contributed by atoms with E-state index in [1.165, 1.54) is 0 Å². The number of carbonyl (C=O) groups excluding carboxylic acids is 1. The number of rotatable bonds is 3. The maximum Gasteiger partial charge on any atom is 0.305 e. The minimum absolute atomic E-state index is 0.171. The summed E-state index contributed by atoms with van der Waals surface area (Å²) < 4.78 is 4.60. The molecule has 0 fully saturated rings. The second-order valence-electron chi connectivity index (χ2n) is 1.28. The summed E-state index contributed by atoms with van der Waals surface area (Å²) >= 11 is 4.54. The molecule has 0 N–H and O–H groups in total. The summed E-state index contributed by atoms with van der Waals surface area (Å²) in [5, 5.41) is 0. The van der Waals surface area contributed by atoms with Crippen molar-refractivity contribution in [2.75, 3.05) is 12.4 Å². The van der Waals surface area contributed by atoms with Crippen molar-refractivity contribution in [2.45, 2.75) is 13.3 Å². The maximum atomic E-state index is 10.3. The first-order valence-corrected chi connectivity index (χ1v) is 3.12. The van der Waals surface area contributed by atoms with Crippen LogP contribution in [0.5, 0.6) is 0 Å². The zero-order valence-corrected chi connectivity index (χ0v) is 5.66. The quantitative estimate of drug-likeness (QED) is 0.539. The van der Waals surface area contributed by atoms with Crippen LogP contribution in [0.15, 0.2) is 0 Å². The fourth-order valence-electron chi connectivity index (χ4n) is 0.258. The van der Waals surface area contributed by atoms with Gasteiger partial charge in [0.25, 0.3) is 0 Å². The number of hydrogen-bond donors (Lipinski definition) is 0. The molecule has 0 bridgehead atoms. The molecule has 0 aromatic carbocycles. The Bertz CT molecular complexity index is 72.8. The van der Waals surface area contributed by atoms with Gasteiger partial charge in [-0.1, -0.05) is 19.6 Å².